The van der Waals surface area contributed by atoms with Crippen molar-refractivity contribution in [2.45, 2.75) is 30.5 Å². The SMILES string of the molecule is O=C(OC[C@@H]1OC(=O)[C@H](O)[C@H]1O)/C(O)=C(/O)[C@H](O)[C@@H](O)CO. The summed E-state index contributed by atoms with van der Waals surface area (Å²) in [6.45, 7) is -1.69. The van der Waals surface area contributed by atoms with E-state index in [1.54, 1.807) is 0 Å². The third-order valence-electron chi connectivity index (χ3n) is 2.86. The minimum absolute atomic E-state index is 0.737. The Balaban J connectivity index is 2.63. The summed E-state index contributed by atoms with van der Waals surface area (Å²) < 4.78 is 8.91. The lowest BCUT2D eigenvalue weighted by atomic mass is 10.1. The monoisotopic (exact) mass is 324 g/mol. The second-order valence-corrected chi connectivity index (χ2v) is 4.44. The first-order valence-corrected chi connectivity index (χ1v) is 6.03. The molecule has 0 aromatic heterocycles. The normalized spacial score (nSPS) is 28.6. The van der Waals surface area contributed by atoms with E-state index < -0.39 is 67.2 Å². The lowest BCUT2D eigenvalue weighted by Crippen LogP contribution is -2.35. The van der Waals surface area contributed by atoms with E-state index in [0.717, 1.165) is 0 Å². The summed E-state index contributed by atoms with van der Waals surface area (Å²) in [4.78, 5) is 22.3. The fourth-order valence-corrected chi connectivity index (χ4v) is 1.52. The van der Waals surface area contributed by atoms with E-state index in [2.05, 4.69) is 9.47 Å². The summed E-state index contributed by atoms with van der Waals surface area (Å²) in [5, 5.41) is 64.0. The Morgan fingerprint density at radius 2 is 1.86 bits per heavy atom. The van der Waals surface area contributed by atoms with E-state index in [4.69, 9.17) is 15.3 Å². The minimum atomic E-state index is -2.13. The Bertz CT molecular complexity index is 459. The van der Waals surface area contributed by atoms with Crippen LogP contribution in [0.25, 0.3) is 0 Å². The summed E-state index contributed by atoms with van der Waals surface area (Å²) in [5.41, 5.74) is 0. The molecule has 0 amide bonds. The second kappa shape index (κ2) is 7.38. The topological polar surface area (TPSA) is 194 Å². The molecule has 0 radical (unpaired) electrons. The van der Waals surface area contributed by atoms with E-state index in [1.807, 2.05) is 0 Å². The molecule has 1 aliphatic rings. The smallest absolute Gasteiger partial charge is 0.377 e. The molecule has 7 N–H and O–H groups in total. The van der Waals surface area contributed by atoms with E-state index in [-0.39, 0.29) is 0 Å². The minimum Gasteiger partial charge on any atom is -0.506 e. The van der Waals surface area contributed by atoms with Gasteiger partial charge in [0.1, 0.15) is 24.9 Å². The molecule has 0 saturated carbocycles. The standard InChI is InChI=1S/C11H16O11/c12-1-3(13)5(14)7(16)9(18)10(19)21-2-4-6(15)8(17)11(20)22-4/h3-6,8,12-18H,1-2H2/b9-7-/t3-,4-,5+,6-,8+/m0/s1. The highest BCUT2D eigenvalue weighted by Gasteiger charge is 2.43. The molecule has 1 saturated heterocycles. The van der Waals surface area contributed by atoms with Crippen molar-refractivity contribution in [3.63, 3.8) is 0 Å². The number of ether oxygens (including phenoxy) is 2. The van der Waals surface area contributed by atoms with Crippen LogP contribution < -0.4 is 0 Å². The number of carbonyl (C=O) groups is 2. The molecule has 22 heavy (non-hydrogen) atoms. The van der Waals surface area contributed by atoms with E-state index in [0.29, 0.717) is 0 Å². The average Bonchev–Trinajstić information content (AvgIpc) is 2.76. The van der Waals surface area contributed by atoms with Crippen LogP contribution in [0.3, 0.4) is 0 Å². The number of aliphatic hydroxyl groups excluding tert-OH is 7. The molecule has 0 bridgehead atoms. The third kappa shape index (κ3) is 3.84. The van der Waals surface area contributed by atoms with Crippen molar-refractivity contribution in [2.24, 2.45) is 0 Å². The maximum atomic E-state index is 11.4. The molecular formula is C11H16O11. The van der Waals surface area contributed by atoms with Crippen LogP contribution in [0.4, 0.5) is 0 Å². The van der Waals surface area contributed by atoms with Gasteiger partial charge in [-0.1, -0.05) is 0 Å². The first-order valence-electron chi connectivity index (χ1n) is 6.03. The second-order valence-electron chi connectivity index (χ2n) is 4.44. The van der Waals surface area contributed by atoms with Crippen molar-refractivity contribution >= 4 is 11.9 Å². The molecule has 1 heterocycles. The molecule has 11 nitrogen and oxygen atoms in total. The van der Waals surface area contributed by atoms with E-state index >= 15 is 0 Å². The Hall–Kier alpha value is -1.92. The number of carbonyl (C=O) groups excluding carboxylic acids is 2. The predicted octanol–water partition coefficient (Wildman–Crippen LogP) is -3.78. The zero-order chi connectivity index (χ0) is 17.0. The van der Waals surface area contributed by atoms with Crippen molar-refractivity contribution in [1.82, 2.24) is 0 Å². The highest BCUT2D eigenvalue weighted by atomic mass is 16.6. The predicted molar refractivity (Wildman–Crippen MR) is 64.2 cm³/mol. The molecule has 11 heteroatoms. The van der Waals surface area contributed by atoms with Crippen LogP contribution in [0.2, 0.25) is 0 Å². The Morgan fingerprint density at radius 1 is 1.27 bits per heavy atom. The maximum absolute atomic E-state index is 11.4. The lowest BCUT2D eigenvalue weighted by molar-refractivity contribution is -0.154. The van der Waals surface area contributed by atoms with Crippen molar-refractivity contribution in [2.75, 3.05) is 13.2 Å². The molecular weight excluding hydrogens is 308 g/mol. The average molecular weight is 324 g/mol. The summed E-state index contributed by atoms with van der Waals surface area (Å²) in [6, 6.07) is 0. The molecule has 1 aliphatic heterocycles. The van der Waals surface area contributed by atoms with Gasteiger partial charge in [0.25, 0.3) is 0 Å². The highest BCUT2D eigenvalue weighted by molar-refractivity contribution is 5.86. The molecule has 1 fully saturated rings. The van der Waals surface area contributed by atoms with Crippen LogP contribution in [0.1, 0.15) is 0 Å². The van der Waals surface area contributed by atoms with E-state index in [1.165, 1.54) is 0 Å². The molecule has 0 aliphatic carbocycles. The molecule has 0 spiro atoms. The van der Waals surface area contributed by atoms with Gasteiger partial charge in [0, 0.05) is 0 Å². The van der Waals surface area contributed by atoms with Gasteiger partial charge in [-0.15, -0.1) is 0 Å². The van der Waals surface area contributed by atoms with Gasteiger partial charge in [0.2, 0.25) is 5.76 Å². The summed E-state index contributed by atoms with van der Waals surface area (Å²) >= 11 is 0. The van der Waals surface area contributed by atoms with Gasteiger partial charge < -0.3 is 45.2 Å². The van der Waals surface area contributed by atoms with Crippen LogP contribution in [-0.4, -0.2) is 91.4 Å². The number of cyclic esters (lactones) is 1. The number of rotatable bonds is 6. The fourth-order valence-electron chi connectivity index (χ4n) is 1.52. The van der Waals surface area contributed by atoms with Gasteiger partial charge >= 0.3 is 11.9 Å². The van der Waals surface area contributed by atoms with Crippen LogP contribution in [-0.2, 0) is 19.1 Å². The van der Waals surface area contributed by atoms with Gasteiger partial charge in [-0.3, -0.25) is 0 Å². The molecule has 5 atom stereocenters. The van der Waals surface area contributed by atoms with Crippen LogP contribution >= 0.6 is 0 Å². The fraction of sp³-hybridized carbons (Fsp3) is 0.636. The Labute approximate surface area is 123 Å². The van der Waals surface area contributed by atoms with Crippen molar-refractivity contribution < 1.29 is 54.8 Å². The number of hydrogen-bond acceptors (Lipinski definition) is 11. The van der Waals surface area contributed by atoms with Gasteiger partial charge in [-0.25, -0.2) is 9.59 Å². The van der Waals surface area contributed by atoms with Crippen molar-refractivity contribution in [3.8, 4) is 0 Å². The molecule has 0 unspecified atom stereocenters. The quantitative estimate of drug-likeness (QED) is 0.144. The first kappa shape index (κ1) is 18.1. The molecule has 1 rings (SSSR count). The van der Waals surface area contributed by atoms with Gasteiger partial charge in [-0.2, -0.15) is 0 Å². The maximum Gasteiger partial charge on any atom is 0.377 e. The van der Waals surface area contributed by atoms with Crippen LogP contribution in [0.15, 0.2) is 11.5 Å². The summed E-state index contributed by atoms with van der Waals surface area (Å²) in [6.07, 6.45) is -8.77. The lowest BCUT2D eigenvalue weighted by Gasteiger charge is -2.16. The number of hydrogen-bond donors (Lipinski definition) is 7. The zero-order valence-electron chi connectivity index (χ0n) is 11.1. The van der Waals surface area contributed by atoms with Crippen LogP contribution in [0.5, 0.6) is 0 Å². The van der Waals surface area contributed by atoms with Crippen molar-refractivity contribution in [1.29, 1.82) is 0 Å². The Morgan fingerprint density at radius 3 is 2.32 bits per heavy atom. The zero-order valence-corrected chi connectivity index (χ0v) is 11.1. The van der Waals surface area contributed by atoms with Crippen LogP contribution in [0, 0.1) is 0 Å². The Kier molecular flexibility index (Phi) is 6.08. The molecule has 126 valence electrons. The van der Waals surface area contributed by atoms with Crippen molar-refractivity contribution in [3.05, 3.63) is 11.5 Å². The first-order chi connectivity index (χ1) is 10.2. The van der Waals surface area contributed by atoms with E-state index in [9.17, 15) is 30.0 Å². The van der Waals surface area contributed by atoms with Gasteiger partial charge in [0.15, 0.2) is 18.0 Å². The molecule has 0 aromatic carbocycles. The van der Waals surface area contributed by atoms with Gasteiger partial charge in [-0.05, 0) is 0 Å². The van der Waals surface area contributed by atoms with Gasteiger partial charge in [0.05, 0.1) is 6.61 Å². The number of esters is 2. The summed E-state index contributed by atoms with van der Waals surface area (Å²) in [7, 11) is 0. The highest BCUT2D eigenvalue weighted by Crippen LogP contribution is 2.17. The molecule has 0 aromatic rings. The third-order valence-corrected chi connectivity index (χ3v) is 2.86. The summed E-state index contributed by atoms with van der Waals surface area (Å²) in [5.74, 6) is -5.45. The number of aliphatic hydroxyl groups is 7. The largest absolute Gasteiger partial charge is 0.506 e.